The van der Waals surface area contributed by atoms with E-state index in [-0.39, 0.29) is 11.2 Å². The molecule has 7 nitrogen and oxygen atoms in total. The molecule has 3 N–H and O–H groups in total. The van der Waals surface area contributed by atoms with Crippen LogP contribution < -0.4 is 11.2 Å². The predicted molar refractivity (Wildman–Crippen MR) is 95.2 cm³/mol. The van der Waals surface area contributed by atoms with Crippen LogP contribution >= 0.6 is 11.8 Å². The standard InChI is InChI=1S/C16H23N5O2S/c1-11-5-7-13(8-6-11)14-19-20-16(21(14)17)24-12(2)15(22)18-9-4-10-23-3/h5-8,12H,4,9-10,17H2,1-3H3,(H,18,22). The summed E-state index contributed by atoms with van der Waals surface area (Å²) in [5, 5.41) is 11.3. The van der Waals surface area contributed by atoms with E-state index in [2.05, 4.69) is 15.5 Å². The molecule has 0 saturated carbocycles. The van der Waals surface area contributed by atoms with Crippen molar-refractivity contribution >= 4 is 17.7 Å². The van der Waals surface area contributed by atoms with Crippen molar-refractivity contribution in [2.75, 3.05) is 26.1 Å². The summed E-state index contributed by atoms with van der Waals surface area (Å²) in [4.78, 5) is 12.1. The third-order valence-electron chi connectivity index (χ3n) is 3.45. The van der Waals surface area contributed by atoms with Crippen LogP contribution in [0, 0.1) is 6.92 Å². The van der Waals surface area contributed by atoms with Crippen molar-refractivity contribution in [3.05, 3.63) is 29.8 Å². The number of benzene rings is 1. The van der Waals surface area contributed by atoms with Crippen LogP contribution in [0.5, 0.6) is 0 Å². The van der Waals surface area contributed by atoms with Gasteiger partial charge >= 0.3 is 0 Å². The lowest BCUT2D eigenvalue weighted by molar-refractivity contribution is -0.120. The second kappa shape index (κ2) is 8.70. The molecule has 24 heavy (non-hydrogen) atoms. The number of carbonyl (C=O) groups excluding carboxylic acids is 1. The second-order valence-electron chi connectivity index (χ2n) is 5.44. The molecule has 2 aromatic rings. The molecule has 8 heteroatoms. The van der Waals surface area contributed by atoms with E-state index in [9.17, 15) is 4.79 Å². The summed E-state index contributed by atoms with van der Waals surface area (Å²) in [6.07, 6.45) is 0.782. The Kier molecular flexibility index (Phi) is 6.62. The summed E-state index contributed by atoms with van der Waals surface area (Å²) in [7, 11) is 1.64. The van der Waals surface area contributed by atoms with E-state index < -0.39 is 0 Å². The Hall–Kier alpha value is -2.06. The molecule has 0 aliphatic carbocycles. The highest BCUT2D eigenvalue weighted by Gasteiger charge is 2.19. The van der Waals surface area contributed by atoms with E-state index in [4.69, 9.17) is 10.6 Å². The molecule has 1 aromatic carbocycles. The first kappa shape index (κ1) is 18.3. The summed E-state index contributed by atoms with van der Waals surface area (Å²) in [5.41, 5.74) is 2.05. The van der Waals surface area contributed by atoms with E-state index in [0.717, 1.165) is 17.5 Å². The second-order valence-corrected chi connectivity index (χ2v) is 6.75. The van der Waals surface area contributed by atoms with Crippen LogP contribution in [0.25, 0.3) is 11.4 Å². The number of aromatic nitrogens is 3. The average molecular weight is 349 g/mol. The molecule has 2 rings (SSSR count). The SMILES string of the molecule is COCCCNC(=O)C(C)Sc1nnc(-c2ccc(C)cc2)n1N. The van der Waals surface area contributed by atoms with Gasteiger partial charge < -0.3 is 15.9 Å². The summed E-state index contributed by atoms with van der Waals surface area (Å²) < 4.78 is 6.37. The van der Waals surface area contributed by atoms with Crippen molar-refractivity contribution in [2.24, 2.45) is 0 Å². The van der Waals surface area contributed by atoms with Crippen LogP contribution in [-0.4, -0.2) is 46.3 Å². The fourth-order valence-corrected chi connectivity index (χ4v) is 2.83. The lowest BCUT2D eigenvalue weighted by Crippen LogP contribution is -2.32. The van der Waals surface area contributed by atoms with Crippen LogP contribution in [-0.2, 0) is 9.53 Å². The third-order valence-corrected chi connectivity index (χ3v) is 4.51. The molecule has 0 saturated heterocycles. The molecule has 0 aliphatic rings. The number of aryl methyl sites for hydroxylation is 1. The summed E-state index contributed by atoms with van der Waals surface area (Å²) in [6.45, 7) is 5.04. The molecule has 1 aromatic heterocycles. The van der Waals surface area contributed by atoms with Crippen molar-refractivity contribution in [3.63, 3.8) is 0 Å². The Balaban J connectivity index is 1.98. The minimum atomic E-state index is -0.315. The number of nitrogens with one attached hydrogen (secondary N) is 1. The minimum Gasteiger partial charge on any atom is -0.385 e. The molecular formula is C16H23N5O2S. The number of hydrogen-bond donors (Lipinski definition) is 2. The van der Waals surface area contributed by atoms with E-state index in [0.29, 0.717) is 24.1 Å². The van der Waals surface area contributed by atoms with Crippen LogP contribution in [0.15, 0.2) is 29.4 Å². The fraction of sp³-hybridized carbons (Fsp3) is 0.438. The molecule has 1 heterocycles. The quantitative estimate of drug-likeness (QED) is 0.427. The predicted octanol–water partition coefficient (Wildman–Crippen LogP) is 1.60. The van der Waals surface area contributed by atoms with Gasteiger partial charge in [-0.25, -0.2) is 4.68 Å². The zero-order valence-corrected chi connectivity index (χ0v) is 15.0. The van der Waals surface area contributed by atoms with E-state index in [1.807, 2.05) is 38.1 Å². The van der Waals surface area contributed by atoms with Crippen molar-refractivity contribution in [2.45, 2.75) is 30.7 Å². The first-order valence-electron chi connectivity index (χ1n) is 7.73. The van der Waals surface area contributed by atoms with Gasteiger partial charge in [0, 0.05) is 25.8 Å². The van der Waals surface area contributed by atoms with Crippen LogP contribution in [0.3, 0.4) is 0 Å². The van der Waals surface area contributed by atoms with Crippen molar-refractivity contribution in [1.29, 1.82) is 0 Å². The molecule has 1 amide bonds. The van der Waals surface area contributed by atoms with Crippen LogP contribution in [0.4, 0.5) is 0 Å². The van der Waals surface area contributed by atoms with Gasteiger partial charge in [0.2, 0.25) is 11.1 Å². The smallest absolute Gasteiger partial charge is 0.233 e. The monoisotopic (exact) mass is 349 g/mol. The topological polar surface area (TPSA) is 95.1 Å². The highest BCUT2D eigenvalue weighted by atomic mass is 32.2. The number of hydrogen-bond acceptors (Lipinski definition) is 6. The Labute approximate surface area is 145 Å². The molecular weight excluding hydrogens is 326 g/mol. The molecule has 0 spiro atoms. The van der Waals surface area contributed by atoms with Gasteiger partial charge in [-0.2, -0.15) is 0 Å². The largest absolute Gasteiger partial charge is 0.385 e. The lowest BCUT2D eigenvalue weighted by atomic mass is 10.1. The van der Waals surface area contributed by atoms with Crippen molar-refractivity contribution < 1.29 is 9.53 Å². The van der Waals surface area contributed by atoms with Crippen molar-refractivity contribution in [3.8, 4) is 11.4 Å². The van der Waals surface area contributed by atoms with Gasteiger partial charge in [-0.1, -0.05) is 41.6 Å². The number of rotatable bonds is 8. The van der Waals surface area contributed by atoms with Gasteiger partial charge in [0.1, 0.15) is 0 Å². The first-order chi connectivity index (χ1) is 11.5. The maximum Gasteiger partial charge on any atom is 0.233 e. The van der Waals surface area contributed by atoms with E-state index in [1.165, 1.54) is 16.4 Å². The minimum absolute atomic E-state index is 0.0593. The van der Waals surface area contributed by atoms with Crippen LogP contribution in [0.1, 0.15) is 18.9 Å². The number of ether oxygens (including phenoxy) is 1. The number of carbonyl (C=O) groups is 1. The summed E-state index contributed by atoms with van der Waals surface area (Å²) in [5.74, 6) is 6.60. The molecule has 0 bridgehead atoms. The van der Waals surface area contributed by atoms with Gasteiger partial charge in [0.05, 0.1) is 5.25 Å². The van der Waals surface area contributed by atoms with Gasteiger partial charge in [0.15, 0.2) is 5.82 Å². The number of thioether (sulfide) groups is 1. The third kappa shape index (κ3) is 4.72. The van der Waals surface area contributed by atoms with Gasteiger partial charge in [0.25, 0.3) is 0 Å². The summed E-state index contributed by atoms with van der Waals surface area (Å²) in [6, 6.07) is 7.88. The zero-order chi connectivity index (χ0) is 17.5. The van der Waals surface area contributed by atoms with Crippen molar-refractivity contribution in [1.82, 2.24) is 20.2 Å². The number of nitrogens with two attached hydrogens (primary N) is 1. The average Bonchev–Trinajstić information content (AvgIpc) is 2.93. The molecule has 0 fully saturated rings. The maximum absolute atomic E-state index is 12.1. The van der Waals surface area contributed by atoms with E-state index in [1.54, 1.807) is 7.11 Å². The Morgan fingerprint density at radius 1 is 1.38 bits per heavy atom. The van der Waals surface area contributed by atoms with Gasteiger partial charge in [-0.15, -0.1) is 10.2 Å². The number of nitrogens with zero attached hydrogens (tertiary/aromatic N) is 3. The Morgan fingerprint density at radius 3 is 2.75 bits per heavy atom. The maximum atomic E-state index is 12.1. The normalized spacial score (nSPS) is 12.1. The molecule has 1 unspecified atom stereocenters. The fourth-order valence-electron chi connectivity index (χ4n) is 2.04. The molecule has 0 aliphatic heterocycles. The van der Waals surface area contributed by atoms with Crippen LogP contribution in [0.2, 0.25) is 0 Å². The number of nitrogen functional groups attached to an aromatic ring is 1. The summed E-state index contributed by atoms with van der Waals surface area (Å²) >= 11 is 1.28. The first-order valence-corrected chi connectivity index (χ1v) is 8.61. The lowest BCUT2D eigenvalue weighted by Gasteiger charge is -2.11. The molecule has 0 radical (unpaired) electrons. The van der Waals surface area contributed by atoms with Gasteiger partial charge in [-0.3, -0.25) is 4.79 Å². The highest BCUT2D eigenvalue weighted by molar-refractivity contribution is 8.00. The van der Waals surface area contributed by atoms with Gasteiger partial charge in [-0.05, 0) is 20.3 Å². The highest BCUT2D eigenvalue weighted by Crippen LogP contribution is 2.24. The van der Waals surface area contributed by atoms with E-state index >= 15 is 0 Å². The molecule has 130 valence electrons. The number of amides is 1. The molecule has 1 atom stereocenters. The Bertz CT molecular complexity index is 672. The zero-order valence-electron chi connectivity index (χ0n) is 14.2. The Morgan fingerprint density at radius 2 is 2.08 bits per heavy atom. The number of methoxy groups -OCH3 is 1.